The Morgan fingerprint density at radius 3 is 2.70 bits per heavy atom. The Bertz CT molecular complexity index is 600. The van der Waals surface area contributed by atoms with Gasteiger partial charge in [0.15, 0.2) is 11.5 Å². The molecule has 1 aliphatic heterocycles. The van der Waals surface area contributed by atoms with Crippen molar-refractivity contribution in [3.05, 3.63) is 36.4 Å². The molecule has 1 unspecified atom stereocenters. The number of nitrogens with one attached hydrogen (secondary N) is 1. The summed E-state index contributed by atoms with van der Waals surface area (Å²) in [5.74, 6) is 0.912. The van der Waals surface area contributed by atoms with Gasteiger partial charge in [0.05, 0.1) is 12.6 Å². The van der Waals surface area contributed by atoms with E-state index in [1.54, 1.807) is 7.05 Å². The number of ether oxygens (including phenoxy) is 2. The van der Waals surface area contributed by atoms with Crippen LogP contribution in [0.4, 0.5) is 0 Å². The predicted octanol–water partition coefficient (Wildman–Crippen LogP) is 1.67. The molecular weight excluding hydrogens is 296 g/mol. The highest BCUT2D eigenvalue weighted by atomic mass is 16.6. The first-order valence-corrected chi connectivity index (χ1v) is 7.61. The molecule has 1 N–H and O–H groups in total. The Morgan fingerprint density at radius 2 is 2.04 bits per heavy atom. The second-order valence-electron chi connectivity index (χ2n) is 5.33. The number of fused-ring (bicyclic) bond motifs is 1. The lowest BCUT2D eigenvalue weighted by molar-refractivity contribution is -0.131. The minimum absolute atomic E-state index is 0.00803. The normalized spacial score (nSPS) is 13.8. The van der Waals surface area contributed by atoms with Gasteiger partial charge < -0.3 is 19.7 Å². The molecule has 1 aromatic carbocycles. The lowest BCUT2D eigenvalue weighted by atomic mass is 10.0. The number of likely N-dealkylation sites (N-methyl/N-ethyl adjacent to an activating group) is 1. The van der Waals surface area contributed by atoms with E-state index in [2.05, 4.69) is 11.9 Å². The van der Waals surface area contributed by atoms with Crippen LogP contribution in [0, 0.1) is 0 Å². The van der Waals surface area contributed by atoms with Crippen LogP contribution in [0.3, 0.4) is 0 Å². The summed E-state index contributed by atoms with van der Waals surface area (Å²) in [6.07, 6.45) is 1.91. The second-order valence-corrected chi connectivity index (χ2v) is 5.33. The number of carbonyl (C=O) groups excluding carboxylic acids is 2. The third-order valence-electron chi connectivity index (χ3n) is 3.64. The van der Waals surface area contributed by atoms with E-state index in [0.29, 0.717) is 19.0 Å². The van der Waals surface area contributed by atoms with Crippen LogP contribution in [0.25, 0.3) is 0 Å². The van der Waals surface area contributed by atoms with Crippen molar-refractivity contribution in [3.8, 4) is 11.5 Å². The van der Waals surface area contributed by atoms with Crippen LogP contribution in [-0.4, -0.2) is 43.5 Å². The molecule has 0 bridgehead atoms. The van der Waals surface area contributed by atoms with Gasteiger partial charge in [0.2, 0.25) is 11.8 Å². The van der Waals surface area contributed by atoms with Gasteiger partial charge in [-0.25, -0.2) is 0 Å². The lowest BCUT2D eigenvalue weighted by Gasteiger charge is -2.23. The van der Waals surface area contributed by atoms with Crippen molar-refractivity contribution in [1.82, 2.24) is 10.2 Å². The summed E-state index contributed by atoms with van der Waals surface area (Å²) in [6.45, 7) is 6.45. The molecule has 0 aliphatic carbocycles. The fourth-order valence-corrected chi connectivity index (χ4v) is 2.39. The maximum atomic E-state index is 12.1. The third-order valence-corrected chi connectivity index (χ3v) is 3.64. The first-order chi connectivity index (χ1) is 11.0. The molecular formula is C17H22N2O4. The summed E-state index contributed by atoms with van der Waals surface area (Å²) < 4.78 is 11.1. The summed E-state index contributed by atoms with van der Waals surface area (Å²) in [5.41, 5.74) is 0.947. The van der Waals surface area contributed by atoms with E-state index >= 15 is 0 Å². The Balaban J connectivity index is 2.03. The van der Waals surface area contributed by atoms with E-state index in [9.17, 15) is 9.59 Å². The van der Waals surface area contributed by atoms with Gasteiger partial charge in [0, 0.05) is 7.05 Å². The molecule has 0 aromatic heterocycles. The zero-order chi connectivity index (χ0) is 16.8. The van der Waals surface area contributed by atoms with E-state index in [1.165, 1.54) is 11.0 Å². The molecule has 0 fully saturated rings. The molecule has 1 aliphatic rings. The van der Waals surface area contributed by atoms with Crippen molar-refractivity contribution < 1.29 is 19.1 Å². The molecule has 23 heavy (non-hydrogen) atoms. The molecule has 2 amide bonds. The molecule has 0 saturated carbocycles. The number of carbonyl (C=O) groups is 2. The summed E-state index contributed by atoms with van der Waals surface area (Å²) in [6, 6.07) is 5.51. The van der Waals surface area contributed by atoms with Crippen molar-refractivity contribution >= 4 is 11.8 Å². The Hall–Kier alpha value is -2.50. The summed E-state index contributed by atoms with van der Waals surface area (Å²) in [7, 11) is 1.56. The number of nitrogens with zero attached hydrogens (tertiary/aromatic N) is 1. The minimum atomic E-state index is -0.285. The van der Waals surface area contributed by atoms with Crippen LogP contribution in [0.1, 0.15) is 24.9 Å². The minimum Gasteiger partial charge on any atom is -0.486 e. The largest absolute Gasteiger partial charge is 0.486 e. The van der Waals surface area contributed by atoms with Crippen molar-refractivity contribution in [2.24, 2.45) is 0 Å². The summed E-state index contributed by atoms with van der Waals surface area (Å²) in [5, 5.41) is 2.94. The Kier molecular flexibility index (Phi) is 5.62. The first kappa shape index (κ1) is 16.9. The van der Waals surface area contributed by atoms with E-state index in [0.717, 1.165) is 17.7 Å². The zero-order valence-corrected chi connectivity index (χ0v) is 13.5. The Labute approximate surface area is 136 Å². The average molecular weight is 318 g/mol. The SMILES string of the molecule is C=CC(=O)N(C)CC(=O)NC(CC)c1ccc2c(c1)OCCO2. The highest BCUT2D eigenvalue weighted by Gasteiger charge is 2.18. The Morgan fingerprint density at radius 1 is 1.35 bits per heavy atom. The van der Waals surface area contributed by atoms with Gasteiger partial charge >= 0.3 is 0 Å². The van der Waals surface area contributed by atoms with E-state index in [1.807, 2.05) is 25.1 Å². The molecule has 124 valence electrons. The molecule has 6 nitrogen and oxygen atoms in total. The summed E-state index contributed by atoms with van der Waals surface area (Å²) in [4.78, 5) is 24.9. The topological polar surface area (TPSA) is 67.9 Å². The number of benzene rings is 1. The van der Waals surface area contributed by atoms with Crippen molar-refractivity contribution in [3.63, 3.8) is 0 Å². The van der Waals surface area contributed by atoms with Crippen LogP contribution in [-0.2, 0) is 9.59 Å². The predicted molar refractivity (Wildman–Crippen MR) is 86.4 cm³/mol. The number of amides is 2. The van der Waals surface area contributed by atoms with Crippen molar-refractivity contribution in [2.75, 3.05) is 26.8 Å². The standard InChI is InChI=1S/C17H22N2O4/c1-4-13(18-16(20)11-19(3)17(21)5-2)12-6-7-14-15(10-12)23-9-8-22-14/h5-7,10,13H,2,4,8-9,11H2,1,3H3,(H,18,20). The van der Waals surface area contributed by atoms with Gasteiger partial charge in [-0.1, -0.05) is 19.6 Å². The molecule has 1 heterocycles. The number of rotatable bonds is 6. The lowest BCUT2D eigenvalue weighted by Crippen LogP contribution is -2.39. The van der Waals surface area contributed by atoms with Gasteiger partial charge in [-0.3, -0.25) is 9.59 Å². The first-order valence-electron chi connectivity index (χ1n) is 7.61. The highest BCUT2D eigenvalue weighted by molar-refractivity contribution is 5.90. The fourth-order valence-electron chi connectivity index (χ4n) is 2.39. The summed E-state index contributed by atoms with van der Waals surface area (Å²) >= 11 is 0. The highest BCUT2D eigenvalue weighted by Crippen LogP contribution is 2.33. The zero-order valence-electron chi connectivity index (χ0n) is 13.5. The fraction of sp³-hybridized carbons (Fsp3) is 0.412. The molecule has 1 aromatic rings. The van der Waals surface area contributed by atoms with Gasteiger partial charge in [-0.15, -0.1) is 0 Å². The maximum Gasteiger partial charge on any atom is 0.246 e. The number of hydrogen-bond donors (Lipinski definition) is 1. The van der Waals surface area contributed by atoms with Crippen LogP contribution in [0.2, 0.25) is 0 Å². The maximum absolute atomic E-state index is 12.1. The second kappa shape index (κ2) is 7.67. The molecule has 0 radical (unpaired) electrons. The smallest absolute Gasteiger partial charge is 0.246 e. The molecule has 0 spiro atoms. The van der Waals surface area contributed by atoms with E-state index < -0.39 is 0 Å². The monoisotopic (exact) mass is 318 g/mol. The van der Waals surface area contributed by atoms with Gasteiger partial charge in [-0.2, -0.15) is 0 Å². The van der Waals surface area contributed by atoms with Gasteiger partial charge in [0.25, 0.3) is 0 Å². The van der Waals surface area contributed by atoms with Crippen LogP contribution < -0.4 is 14.8 Å². The molecule has 2 rings (SSSR count). The van der Waals surface area contributed by atoms with Gasteiger partial charge in [-0.05, 0) is 30.2 Å². The molecule has 0 saturated heterocycles. The molecule has 1 atom stereocenters. The quantitative estimate of drug-likeness (QED) is 0.810. The van der Waals surface area contributed by atoms with Crippen LogP contribution >= 0.6 is 0 Å². The van der Waals surface area contributed by atoms with Crippen molar-refractivity contribution in [2.45, 2.75) is 19.4 Å². The van der Waals surface area contributed by atoms with Crippen LogP contribution in [0.5, 0.6) is 11.5 Å². The third kappa shape index (κ3) is 4.25. The van der Waals surface area contributed by atoms with E-state index in [4.69, 9.17) is 9.47 Å². The molecule has 6 heteroatoms. The van der Waals surface area contributed by atoms with E-state index in [-0.39, 0.29) is 24.4 Å². The van der Waals surface area contributed by atoms with Crippen LogP contribution in [0.15, 0.2) is 30.9 Å². The average Bonchev–Trinajstić information content (AvgIpc) is 2.58. The van der Waals surface area contributed by atoms with Crippen molar-refractivity contribution in [1.29, 1.82) is 0 Å². The number of hydrogen-bond acceptors (Lipinski definition) is 4. The van der Waals surface area contributed by atoms with Gasteiger partial charge in [0.1, 0.15) is 13.2 Å².